The average Bonchev–Trinajstić information content (AvgIpc) is 2.56. The molecule has 0 amide bonds. The van der Waals surface area contributed by atoms with Gasteiger partial charge in [-0.3, -0.25) is 0 Å². The van der Waals surface area contributed by atoms with Gasteiger partial charge in [0.05, 0.1) is 12.2 Å². The van der Waals surface area contributed by atoms with Gasteiger partial charge < -0.3 is 14.7 Å². The van der Waals surface area contributed by atoms with Gasteiger partial charge in [0.1, 0.15) is 0 Å². The Morgan fingerprint density at radius 1 is 1.33 bits per heavy atom. The second kappa shape index (κ2) is 6.88. The van der Waals surface area contributed by atoms with Crippen molar-refractivity contribution in [3.63, 3.8) is 0 Å². The van der Waals surface area contributed by atoms with E-state index in [-0.39, 0.29) is 6.10 Å². The lowest BCUT2D eigenvalue weighted by atomic mass is 9.78. The summed E-state index contributed by atoms with van der Waals surface area (Å²) >= 11 is 0. The number of hydrogen-bond acceptors (Lipinski definition) is 3. The highest BCUT2D eigenvalue weighted by molar-refractivity contribution is 4.82. The molecular formula is C15H29NO2. The van der Waals surface area contributed by atoms with Gasteiger partial charge >= 0.3 is 0 Å². The lowest BCUT2D eigenvalue weighted by molar-refractivity contribution is 0.0191. The number of aliphatic hydroxyl groups is 1. The standard InChI is InChI=1S/C15H29NO2/c1-3-13-5-6-15(17)14(9-13)11-16-7-4-8-18-12(2)10-16/h12-15,17H,3-11H2,1-2H3. The fourth-order valence-corrected chi connectivity index (χ4v) is 3.49. The predicted molar refractivity (Wildman–Crippen MR) is 73.6 cm³/mol. The average molecular weight is 255 g/mol. The Morgan fingerprint density at radius 2 is 2.17 bits per heavy atom. The maximum atomic E-state index is 10.2. The van der Waals surface area contributed by atoms with Crippen LogP contribution in [0.1, 0.15) is 46.0 Å². The molecular weight excluding hydrogens is 226 g/mol. The smallest absolute Gasteiger partial charge is 0.0673 e. The zero-order valence-electron chi connectivity index (χ0n) is 12.0. The third-order valence-electron chi connectivity index (χ3n) is 4.66. The molecule has 0 aromatic rings. The van der Waals surface area contributed by atoms with Crippen LogP contribution in [0.3, 0.4) is 0 Å². The Morgan fingerprint density at radius 3 is 2.94 bits per heavy atom. The molecule has 4 unspecified atom stereocenters. The van der Waals surface area contributed by atoms with E-state index in [1.54, 1.807) is 0 Å². The highest BCUT2D eigenvalue weighted by Crippen LogP contribution is 2.32. The van der Waals surface area contributed by atoms with E-state index in [2.05, 4.69) is 18.7 Å². The highest BCUT2D eigenvalue weighted by Gasteiger charge is 2.30. The number of hydrogen-bond donors (Lipinski definition) is 1. The minimum absolute atomic E-state index is 0.0766. The molecule has 0 aromatic heterocycles. The van der Waals surface area contributed by atoms with Crippen molar-refractivity contribution in [1.29, 1.82) is 0 Å². The van der Waals surface area contributed by atoms with Crippen molar-refractivity contribution in [2.24, 2.45) is 11.8 Å². The molecule has 1 heterocycles. The van der Waals surface area contributed by atoms with Crippen LogP contribution in [0.5, 0.6) is 0 Å². The molecule has 0 radical (unpaired) electrons. The lowest BCUT2D eigenvalue weighted by Crippen LogP contribution is -2.41. The molecule has 0 aromatic carbocycles. The highest BCUT2D eigenvalue weighted by atomic mass is 16.5. The third kappa shape index (κ3) is 3.94. The van der Waals surface area contributed by atoms with Crippen LogP contribution in [0.15, 0.2) is 0 Å². The van der Waals surface area contributed by atoms with Gasteiger partial charge in [0.2, 0.25) is 0 Å². The summed E-state index contributed by atoms with van der Waals surface area (Å²) in [5.41, 5.74) is 0. The fraction of sp³-hybridized carbons (Fsp3) is 1.00. The van der Waals surface area contributed by atoms with Gasteiger partial charge in [-0.15, -0.1) is 0 Å². The predicted octanol–water partition coefficient (Wildman–Crippen LogP) is 2.28. The molecule has 106 valence electrons. The summed E-state index contributed by atoms with van der Waals surface area (Å²) in [6, 6.07) is 0. The first-order valence-corrected chi connectivity index (χ1v) is 7.71. The van der Waals surface area contributed by atoms with Gasteiger partial charge in [-0.2, -0.15) is 0 Å². The van der Waals surface area contributed by atoms with Crippen LogP contribution < -0.4 is 0 Å². The Kier molecular flexibility index (Phi) is 5.46. The molecule has 2 rings (SSSR count). The van der Waals surface area contributed by atoms with E-state index in [1.807, 2.05) is 0 Å². The Labute approximate surface area is 112 Å². The molecule has 3 nitrogen and oxygen atoms in total. The van der Waals surface area contributed by atoms with Crippen LogP contribution in [-0.4, -0.2) is 48.5 Å². The monoisotopic (exact) mass is 255 g/mol. The zero-order chi connectivity index (χ0) is 13.0. The van der Waals surface area contributed by atoms with E-state index in [0.29, 0.717) is 12.0 Å². The van der Waals surface area contributed by atoms with Gasteiger partial charge in [0, 0.05) is 26.2 Å². The second-order valence-electron chi connectivity index (χ2n) is 6.21. The zero-order valence-corrected chi connectivity index (χ0v) is 12.0. The molecule has 2 aliphatic rings. The molecule has 1 aliphatic heterocycles. The summed E-state index contributed by atoms with van der Waals surface area (Å²) in [5.74, 6) is 1.31. The van der Waals surface area contributed by atoms with Crippen LogP contribution in [0, 0.1) is 11.8 Å². The van der Waals surface area contributed by atoms with Gasteiger partial charge in [0.15, 0.2) is 0 Å². The van der Waals surface area contributed by atoms with Crippen LogP contribution in [0.2, 0.25) is 0 Å². The van der Waals surface area contributed by atoms with Crippen molar-refractivity contribution in [2.75, 3.05) is 26.2 Å². The minimum Gasteiger partial charge on any atom is -0.393 e. The van der Waals surface area contributed by atoms with E-state index in [9.17, 15) is 5.11 Å². The van der Waals surface area contributed by atoms with Crippen molar-refractivity contribution in [3.8, 4) is 0 Å². The Hall–Kier alpha value is -0.120. The summed E-state index contributed by atoms with van der Waals surface area (Å²) in [6.45, 7) is 8.55. The van der Waals surface area contributed by atoms with Crippen LogP contribution >= 0.6 is 0 Å². The first-order valence-electron chi connectivity index (χ1n) is 7.71. The largest absolute Gasteiger partial charge is 0.393 e. The molecule has 18 heavy (non-hydrogen) atoms. The number of nitrogens with zero attached hydrogens (tertiary/aromatic N) is 1. The van der Waals surface area contributed by atoms with Crippen molar-refractivity contribution < 1.29 is 9.84 Å². The summed E-state index contributed by atoms with van der Waals surface area (Å²) in [4.78, 5) is 2.50. The molecule has 0 bridgehead atoms. The molecule has 0 spiro atoms. The molecule has 1 N–H and O–H groups in total. The second-order valence-corrected chi connectivity index (χ2v) is 6.21. The quantitative estimate of drug-likeness (QED) is 0.840. The van der Waals surface area contributed by atoms with Crippen molar-refractivity contribution in [2.45, 2.75) is 58.2 Å². The van der Waals surface area contributed by atoms with Crippen molar-refractivity contribution in [1.82, 2.24) is 4.90 Å². The first kappa shape index (κ1) is 14.3. The lowest BCUT2D eigenvalue weighted by Gasteiger charge is -2.36. The van der Waals surface area contributed by atoms with Gasteiger partial charge in [-0.05, 0) is 44.4 Å². The number of rotatable bonds is 3. The molecule has 3 heteroatoms. The van der Waals surface area contributed by atoms with E-state index in [0.717, 1.165) is 45.0 Å². The molecule has 1 saturated carbocycles. The van der Waals surface area contributed by atoms with E-state index < -0.39 is 0 Å². The van der Waals surface area contributed by atoms with Gasteiger partial charge in [-0.25, -0.2) is 0 Å². The Bertz CT molecular complexity index is 247. The fourth-order valence-electron chi connectivity index (χ4n) is 3.49. The molecule has 1 saturated heterocycles. The minimum atomic E-state index is -0.0766. The van der Waals surface area contributed by atoms with E-state index in [4.69, 9.17) is 4.74 Å². The van der Waals surface area contributed by atoms with Crippen LogP contribution in [-0.2, 0) is 4.74 Å². The topological polar surface area (TPSA) is 32.7 Å². The van der Waals surface area contributed by atoms with Crippen molar-refractivity contribution in [3.05, 3.63) is 0 Å². The SMILES string of the molecule is CCC1CCC(O)C(CN2CCCOC(C)C2)C1. The van der Waals surface area contributed by atoms with E-state index in [1.165, 1.54) is 19.3 Å². The summed E-state index contributed by atoms with van der Waals surface area (Å²) < 4.78 is 5.69. The third-order valence-corrected chi connectivity index (χ3v) is 4.66. The summed E-state index contributed by atoms with van der Waals surface area (Å²) in [5, 5.41) is 10.2. The molecule has 2 fully saturated rings. The van der Waals surface area contributed by atoms with Gasteiger partial charge in [-0.1, -0.05) is 13.3 Å². The number of aliphatic hydroxyl groups excluding tert-OH is 1. The van der Waals surface area contributed by atoms with Gasteiger partial charge in [0.25, 0.3) is 0 Å². The van der Waals surface area contributed by atoms with E-state index >= 15 is 0 Å². The normalized spacial score (nSPS) is 39.5. The summed E-state index contributed by atoms with van der Waals surface area (Å²) in [6.07, 6.45) is 6.09. The summed E-state index contributed by atoms with van der Waals surface area (Å²) in [7, 11) is 0. The molecule has 4 atom stereocenters. The number of ether oxygens (including phenoxy) is 1. The van der Waals surface area contributed by atoms with Crippen molar-refractivity contribution >= 4 is 0 Å². The van der Waals surface area contributed by atoms with Crippen LogP contribution in [0.25, 0.3) is 0 Å². The van der Waals surface area contributed by atoms with Crippen LogP contribution in [0.4, 0.5) is 0 Å². The maximum Gasteiger partial charge on any atom is 0.0673 e. The maximum absolute atomic E-state index is 10.2. The Balaban J connectivity index is 1.86. The molecule has 1 aliphatic carbocycles. The first-order chi connectivity index (χ1) is 8.69.